The third-order valence-corrected chi connectivity index (χ3v) is 8.60. The molecule has 0 unspecified atom stereocenters. The summed E-state index contributed by atoms with van der Waals surface area (Å²) in [6.07, 6.45) is 7.85. The van der Waals surface area contributed by atoms with E-state index in [2.05, 4.69) is 10.1 Å². The molecule has 7 rings (SSSR count). The lowest BCUT2D eigenvalue weighted by Gasteiger charge is -2.37. The molecule has 212 valence electrons. The van der Waals surface area contributed by atoms with E-state index in [4.69, 9.17) is 4.74 Å². The maximum atomic E-state index is 13.7. The minimum absolute atomic E-state index is 0.0171. The molecular weight excluding hydrogens is 526 g/mol. The fraction of sp³-hybridized carbons (Fsp3) is 0.265. The number of fused-ring (bicyclic) bond motifs is 2. The fourth-order valence-corrected chi connectivity index (χ4v) is 6.42. The molecule has 4 heterocycles. The first kappa shape index (κ1) is 26.1. The Hall–Kier alpha value is -4.85. The van der Waals surface area contributed by atoms with E-state index >= 15 is 0 Å². The zero-order valence-electron chi connectivity index (χ0n) is 23.4. The van der Waals surface area contributed by atoms with Crippen molar-refractivity contribution in [1.29, 1.82) is 0 Å². The highest BCUT2D eigenvalue weighted by Crippen LogP contribution is 2.33. The third kappa shape index (κ3) is 5.16. The van der Waals surface area contributed by atoms with E-state index in [1.165, 1.54) is 0 Å². The number of nitrogens with one attached hydrogen (secondary N) is 1. The molecular formula is C34H33N5O3. The number of carbonyl (C=O) groups excluding carboxylic acids is 2. The normalized spacial score (nSPS) is 18.3. The lowest BCUT2D eigenvalue weighted by molar-refractivity contribution is -0.134. The quantitative estimate of drug-likeness (QED) is 0.296. The minimum atomic E-state index is 0.0171. The minimum Gasteiger partial charge on any atom is -0.489 e. The topological polar surface area (TPSA) is 83.5 Å². The number of likely N-dealkylation sites (tertiary alicyclic amines) is 2. The van der Waals surface area contributed by atoms with Gasteiger partial charge in [-0.2, -0.15) is 5.10 Å². The van der Waals surface area contributed by atoms with Crippen LogP contribution in [-0.2, 0) is 17.8 Å². The summed E-state index contributed by atoms with van der Waals surface area (Å²) < 4.78 is 7.82. The van der Waals surface area contributed by atoms with Gasteiger partial charge in [0.25, 0.3) is 5.91 Å². The van der Waals surface area contributed by atoms with Crippen molar-refractivity contribution in [2.75, 3.05) is 19.6 Å². The summed E-state index contributed by atoms with van der Waals surface area (Å²) in [5, 5.41) is 5.26. The van der Waals surface area contributed by atoms with E-state index in [1.807, 2.05) is 101 Å². The van der Waals surface area contributed by atoms with Crippen LogP contribution in [0.1, 0.15) is 34.3 Å². The zero-order valence-corrected chi connectivity index (χ0v) is 23.4. The van der Waals surface area contributed by atoms with E-state index < -0.39 is 0 Å². The standard InChI is InChI=1S/C34H33N5O3/c40-33(18-27-20-35-31-14-13-29(19-30(27)31)42-23-24-6-2-1-3-7-24)38-16-4-8-26-21-37(22-32(26)38)34(41)25-9-11-28(12-10-25)39-17-5-15-36-39/h1-3,5-7,9-15,17,19-20,26,32,35H,4,8,16,18,21-23H2/t26-,32+/m1/s1. The van der Waals surface area contributed by atoms with E-state index in [1.54, 1.807) is 10.9 Å². The Morgan fingerprint density at radius 1 is 0.976 bits per heavy atom. The number of piperidine rings is 1. The van der Waals surface area contributed by atoms with Crippen LogP contribution in [0.15, 0.2) is 97.5 Å². The first-order valence-electron chi connectivity index (χ1n) is 14.6. The number of amides is 2. The number of carbonyl (C=O) groups is 2. The molecule has 2 fully saturated rings. The molecule has 2 amide bonds. The van der Waals surface area contributed by atoms with Gasteiger partial charge in [-0.05, 0) is 78.4 Å². The number of hydrogen-bond acceptors (Lipinski definition) is 4. The van der Waals surface area contributed by atoms with Gasteiger partial charge in [0.05, 0.1) is 18.2 Å². The highest BCUT2D eigenvalue weighted by atomic mass is 16.5. The van der Waals surface area contributed by atoms with Gasteiger partial charge in [-0.25, -0.2) is 4.68 Å². The molecule has 1 N–H and O–H groups in total. The Morgan fingerprint density at radius 2 is 1.83 bits per heavy atom. The summed E-state index contributed by atoms with van der Waals surface area (Å²) in [7, 11) is 0. The zero-order chi connectivity index (χ0) is 28.5. The van der Waals surface area contributed by atoms with E-state index in [9.17, 15) is 9.59 Å². The second-order valence-corrected chi connectivity index (χ2v) is 11.2. The van der Waals surface area contributed by atoms with Crippen LogP contribution in [0.25, 0.3) is 16.6 Å². The Balaban J connectivity index is 1.02. The smallest absolute Gasteiger partial charge is 0.253 e. The van der Waals surface area contributed by atoms with Gasteiger partial charge in [-0.15, -0.1) is 0 Å². The molecule has 0 bridgehead atoms. The predicted octanol–water partition coefficient (Wildman–Crippen LogP) is 5.24. The maximum absolute atomic E-state index is 13.7. The average molecular weight is 560 g/mol. The van der Waals surface area contributed by atoms with Crippen LogP contribution in [0.5, 0.6) is 5.75 Å². The Bertz CT molecular complexity index is 1690. The number of aromatic amines is 1. The summed E-state index contributed by atoms with van der Waals surface area (Å²) in [5.74, 6) is 1.21. The van der Waals surface area contributed by atoms with Crippen molar-refractivity contribution >= 4 is 22.7 Å². The van der Waals surface area contributed by atoms with E-state index in [0.29, 0.717) is 37.6 Å². The number of aromatic nitrogens is 3. The van der Waals surface area contributed by atoms with Gasteiger partial charge in [-0.3, -0.25) is 9.59 Å². The summed E-state index contributed by atoms with van der Waals surface area (Å²) >= 11 is 0. The number of hydrogen-bond donors (Lipinski definition) is 1. The number of ether oxygens (including phenoxy) is 1. The molecule has 2 saturated heterocycles. The molecule has 0 aliphatic carbocycles. The first-order chi connectivity index (χ1) is 20.6. The van der Waals surface area contributed by atoms with Crippen LogP contribution in [0.3, 0.4) is 0 Å². The molecule has 8 nitrogen and oxygen atoms in total. The van der Waals surface area contributed by atoms with E-state index in [-0.39, 0.29) is 17.9 Å². The Kier molecular flexibility index (Phi) is 6.95. The molecule has 0 spiro atoms. The first-order valence-corrected chi connectivity index (χ1v) is 14.6. The molecule has 2 aromatic heterocycles. The van der Waals surface area contributed by atoms with Gasteiger partial charge < -0.3 is 19.5 Å². The largest absolute Gasteiger partial charge is 0.489 e. The fourth-order valence-electron chi connectivity index (χ4n) is 6.42. The van der Waals surface area contributed by atoms with Gasteiger partial charge >= 0.3 is 0 Å². The van der Waals surface area contributed by atoms with Crippen LogP contribution >= 0.6 is 0 Å². The molecule has 5 aromatic rings. The van der Waals surface area contributed by atoms with E-state index in [0.717, 1.165) is 52.9 Å². The monoisotopic (exact) mass is 559 g/mol. The van der Waals surface area contributed by atoms with Crippen LogP contribution in [-0.4, -0.2) is 62.1 Å². The molecule has 0 saturated carbocycles. The van der Waals surface area contributed by atoms with Crippen LogP contribution in [0.4, 0.5) is 0 Å². The van der Waals surface area contributed by atoms with Gasteiger partial charge in [0.2, 0.25) is 5.91 Å². The number of nitrogens with zero attached hydrogens (tertiary/aromatic N) is 4. The van der Waals surface area contributed by atoms with Crippen molar-refractivity contribution in [3.63, 3.8) is 0 Å². The van der Waals surface area contributed by atoms with Crippen molar-refractivity contribution in [2.24, 2.45) is 5.92 Å². The Morgan fingerprint density at radius 3 is 2.64 bits per heavy atom. The molecule has 2 aliphatic heterocycles. The number of rotatable bonds is 7. The third-order valence-electron chi connectivity index (χ3n) is 8.60. The van der Waals surface area contributed by atoms with Gasteiger partial charge in [0, 0.05) is 54.7 Å². The van der Waals surface area contributed by atoms with Gasteiger partial charge in [0.15, 0.2) is 0 Å². The molecule has 42 heavy (non-hydrogen) atoms. The highest BCUT2D eigenvalue weighted by molar-refractivity contribution is 5.95. The lowest BCUT2D eigenvalue weighted by Crippen LogP contribution is -2.49. The second-order valence-electron chi connectivity index (χ2n) is 11.2. The molecule has 8 heteroatoms. The highest BCUT2D eigenvalue weighted by Gasteiger charge is 2.42. The SMILES string of the molecule is O=C(c1ccc(-n2cccn2)cc1)N1C[C@H]2CCCN(C(=O)Cc3c[nH]c4ccc(OCc5ccccc5)cc34)[C@H]2C1. The second kappa shape index (κ2) is 11.2. The van der Waals surface area contributed by atoms with Crippen molar-refractivity contribution in [1.82, 2.24) is 24.6 Å². The van der Waals surface area contributed by atoms with Crippen molar-refractivity contribution in [3.8, 4) is 11.4 Å². The number of benzene rings is 3. The van der Waals surface area contributed by atoms with Gasteiger partial charge in [-0.1, -0.05) is 30.3 Å². The molecule has 2 aliphatic rings. The molecule has 0 radical (unpaired) electrons. The summed E-state index contributed by atoms with van der Waals surface area (Å²) in [5.41, 5.74) is 4.63. The van der Waals surface area contributed by atoms with Crippen LogP contribution in [0, 0.1) is 5.92 Å². The number of H-pyrrole nitrogens is 1. The molecule has 2 atom stereocenters. The summed E-state index contributed by atoms with van der Waals surface area (Å²) in [4.78, 5) is 34.4. The average Bonchev–Trinajstić information content (AvgIpc) is 3.81. The van der Waals surface area contributed by atoms with Crippen molar-refractivity contribution in [2.45, 2.75) is 31.9 Å². The van der Waals surface area contributed by atoms with Crippen LogP contribution < -0.4 is 4.74 Å². The van der Waals surface area contributed by atoms with Gasteiger partial charge in [0.1, 0.15) is 12.4 Å². The predicted molar refractivity (Wildman–Crippen MR) is 160 cm³/mol. The lowest BCUT2D eigenvalue weighted by atomic mass is 9.91. The molecule has 3 aromatic carbocycles. The van der Waals surface area contributed by atoms with Crippen molar-refractivity contribution in [3.05, 3.63) is 114 Å². The van der Waals surface area contributed by atoms with Crippen molar-refractivity contribution < 1.29 is 14.3 Å². The Labute approximate surface area is 244 Å². The van der Waals surface area contributed by atoms with Crippen LogP contribution in [0.2, 0.25) is 0 Å². The maximum Gasteiger partial charge on any atom is 0.253 e. The summed E-state index contributed by atoms with van der Waals surface area (Å²) in [6.45, 7) is 2.48. The summed E-state index contributed by atoms with van der Waals surface area (Å²) in [6, 6.07) is 25.5.